The second-order valence-electron chi connectivity index (χ2n) is 7.63. The molecular weight excluding hydrogens is 345 g/mol. The summed E-state index contributed by atoms with van der Waals surface area (Å²) < 4.78 is 19.4. The minimum Gasteiger partial charge on any atom is -0.497 e. The van der Waals surface area contributed by atoms with Gasteiger partial charge in [0, 0.05) is 42.7 Å². The smallest absolute Gasteiger partial charge is 0.254 e. The first-order chi connectivity index (χ1) is 13.1. The van der Waals surface area contributed by atoms with Gasteiger partial charge < -0.3 is 9.72 Å². The lowest BCUT2D eigenvalue weighted by molar-refractivity contribution is 0.236. The first-order valence-corrected chi connectivity index (χ1v) is 9.81. The van der Waals surface area contributed by atoms with E-state index in [0.29, 0.717) is 36.7 Å². The number of fused-ring (bicyclic) bond motifs is 1. The Morgan fingerprint density at radius 3 is 2.85 bits per heavy atom. The Labute approximate surface area is 158 Å². The van der Waals surface area contributed by atoms with Crippen molar-refractivity contribution in [2.24, 2.45) is 0 Å². The summed E-state index contributed by atoms with van der Waals surface area (Å²) in [5.74, 6) is 1.47. The average Bonchev–Trinajstić information content (AvgIpc) is 2.70. The average molecular weight is 371 g/mol. The second kappa shape index (κ2) is 7.80. The molecule has 0 spiro atoms. The van der Waals surface area contributed by atoms with Gasteiger partial charge in [0.1, 0.15) is 17.4 Å². The van der Waals surface area contributed by atoms with Gasteiger partial charge in [0.05, 0.1) is 12.8 Å². The molecule has 0 radical (unpaired) electrons. The Kier molecular flexibility index (Phi) is 5.25. The first kappa shape index (κ1) is 18.2. The number of nitrogens with one attached hydrogen (secondary N) is 1. The summed E-state index contributed by atoms with van der Waals surface area (Å²) >= 11 is 0. The lowest BCUT2D eigenvalue weighted by atomic mass is 9.88. The molecule has 144 valence electrons. The van der Waals surface area contributed by atoms with E-state index < -0.39 is 0 Å². The molecule has 4 rings (SSSR count). The van der Waals surface area contributed by atoms with Crippen molar-refractivity contribution in [1.29, 1.82) is 0 Å². The van der Waals surface area contributed by atoms with Crippen LogP contribution in [0, 0.1) is 5.82 Å². The number of hydrogen-bond donors (Lipinski definition) is 1. The van der Waals surface area contributed by atoms with E-state index in [0.717, 1.165) is 36.5 Å². The Balaban J connectivity index is 1.53. The molecule has 27 heavy (non-hydrogen) atoms. The lowest BCUT2D eigenvalue weighted by Gasteiger charge is -2.29. The SMILES string of the molecule is COc1ccc(CN2CCc3c(nc(C4CCCCC4)[nH]c3=O)C2)c(F)c1. The molecule has 2 heterocycles. The summed E-state index contributed by atoms with van der Waals surface area (Å²) in [4.78, 5) is 22.5. The molecular formula is C21H26FN3O2. The summed E-state index contributed by atoms with van der Waals surface area (Å²) in [6.45, 7) is 1.82. The molecule has 0 atom stereocenters. The molecule has 2 aliphatic rings. The number of ether oxygens (including phenoxy) is 1. The number of rotatable bonds is 4. The van der Waals surface area contributed by atoms with Crippen LogP contribution in [0.1, 0.15) is 60.7 Å². The fraction of sp³-hybridized carbons (Fsp3) is 0.524. The fourth-order valence-electron chi connectivity index (χ4n) is 4.24. The van der Waals surface area contributed by atoms with Crippen LogP contribution in [0.25, 0.3) is 0 Å². The lowest BCUT2D eigenvalue weighted by Crippen LogP contribution is -2.36. The molecule has 6 heteroatoms. The van der Waals surface area contributed by atoms with Gasteiger partial charge in [-0.3, -0.25) is 9.69 Å². The van der Waals surface area contributed by atoms with E-state index in [4.69, 9.17) is 9.72 Å². The van der Waals surface area contributed by atoms with Crippen LogP contribution in [-0.4, -0.2) is 28.5 Å². The number of nitrogens with zero attached hydrogens (tertiary/aromatic N) is 2. The second-order valence-corrected chi connectivity index (χ2v) is 7.63. The van der Waals surface area contributed by atoms with Crippen molar-refractivity contribution in [3.63, 3.8) is 0 Å². The van der Waals surface area contributed by atoms with Gasteiger partial charge in [-0.15, -0.1) is 0 Å². The minimum absolute atomic E-state index is 0.0100. The number of hydrogen-bond acceptors (Lipinski definition) is 4. The van der Waals surface area contributed by atoms with Gasteiger partial charge >= 0.3 is 0 Å². The molecule has 1 aliphatic heterocycles. The van der Waals surface area contributed by atoms with Crippen LogP contribution in [0.4, 0.5) is 4.39 Å². The normalized spacial score (nSPS) is 18.3. The Hall–Kier alpha value is -2.21. The van der Waals surface area contributed by atoms with E-state index >= 15 is 0 Å². The third-order valence-corrected chi connectivity index (χ3v) is 5.82. The van der Waals surface area contributed by atoms with Crippen molar-refractivity contribution in [2.75, 3.05) is 13.7 Å². The van der Waals surface area contributed by atoms with Gasteiger partial charge in [0.15, 0.2) is 0 Å². The summed E-state index contributed by atoms with van der Waals surface area (Å²) in [5, 5.41) is 0. The van der Waals surface area contributed by atoms with Gasteiger partial charge in [-0.1, -0.05) is 25.3 Å². The van der Waals surface area contributed by atoms with Gasteiger partial charge in [-0.25, -0.2) is 9.37 Å². The van der Waals surface area contributed by atoms with Crippen molar-refractivity contribution in [2.45, 2.75) is 57.5 Å². The molecule has 1 aliphatic carbocycles. The molecule has 1 saturated carbocycles. The molecule has 1 aromatic heterocycles. The molecule has 0 amide bonds. The van der Waals surface area contributed by atoms with E-state index in [-0.39, 0.29) is 11.4 Å². The zero-order chi connectivity index (χ0) is 18.8. The van der Waals surface area contributed by atoms with Gasteiger partial charge in [-0.2, -0.15) is 0 Å². The van der Waals surface area contributed by atoms with Crippen LogP contribution in [0.2, 0.25) is 0 Å². The highest BCUT2D eigenvalue weighted by Gasteiger charge is 2.25. The van der Waals surface area contributed by atoms with Gasteiger partial charge in [0.2, 0.25) is 0 Å². The van der Waals surface area contributed by atoms with Crippen LogP contribution in [0.15, 0.2) is 23.0 Å². The van der Waals surface area contributed by atoms with Gasteiger partial charge in [-0.05, 0) is 25.3 Å². The quantitative estimate of drug-likeness (QED) is 0.893. The summed E-state index contributed by atoms with van der Waals surface area (Å²) in [5.41, 5.74) is 2.30. The number of H-pyrrole nitrogens is 1. The molecule has 0 unspecified atom stereocenters. The van der Waals surface area contributed by atoms with E-state index in [2.05, 4.69) is 9.88 Å². The highest BCUT2D eigenvalue weighted by atomic mass is 19.1. The van der Waals surface area contributed by atoms with Crippen molar-refractivity contribution in [1.82, 2.24) is 14.9 Å². The Bertz CT molecular complexity index is 874. The summed E-state index contributed by atoms with van der Waals surface area (Å²) in [6.07, 6.45) is 6.53. The van der Waals surface area contributed by atoms with Crippen LogP contribution in [0.5, 0.6) is 5.75 Å². The molecule has 0 bridgehead atoms. The van der Waals surface area contributed by atoms with E-state index in [9.17, 15) is 9.18 Å². The predicted octanol–water partition coefficient (Wildman–Crippen LogP) is 3.52. The third kappa shape index (κ3) is 3.90. The summed E-state index contributed by atoms with van der Waals surface area (Å²) in [6, 6.07) is 4.96. The largest absolute Gasteiger partial charge is 0.497 e. The van der Waals surface area contributed by atoms with E-state index in [1.165, 1.54) is 32.4 Å². The molecule has 1 aromatic carbocycles. The molecule has 2 aromatic rings. The van der Waals surface area contributed by atoms with Crippen LogP contribution < -0.4 is 10.3 Å². The zero-order valence-corrected chi connectivity index (χ0v) is 15.8. The minimum atomic E-state index is -0.262. The molecule has 0 saturated heterocycles. The molecule has 1 N–H and O–H groups in total. The number of halogens is 1. The standard InChI is InChI=1S/C21H26FN3O2/c1-27-16-8-7-15(18(22)11-16)12-25-10-9-17-19(13-25)23-20(24-21(17)26)14-5-3-2-4-6-14/h7-8,11,14H,2-6,9-10,12-13H2,1H3,(H,23,24,26). The highest BCUT2D eigenvalue weighted by Crippen LogP contribution is 2.31. The molecule has 5 nitrogen and oxygen atoms in total. The maximum atomic E-state index is 14.3. The van der Waals surface area contributed by atoms with E-state index in [1.54, 1.807) is 12.1 Å². The van der Waals surface area contributed by atoms with E-state index in [1.807, 2.05) is 0 Å². The molecule has 1 fully saturated rings. The van der Waals surface area contributed by atoms with Crippen LogP contribution in [0.3, 0.4) is 0 Å². The highest BCUT2D eigenvalue weighted by molar-refractivity contribution is 5.29. The Morgan fingerprint density at radius 2 is 2.11 bits per heavy atom. The number of methoxy groups -OCH3 is 1. The monoisotopic (exact) mass is 371 g/mol. The third-order valence-electron chi connectivity index (χ3n) is 5.82. The Morgan fingerprint density at radius 1 is 1.30 bits per heavy atom. The number of aromatic nitrogens is 2. The summed E-state index contributed by atoms with van der Waals surface area (Å²) in [7, 11) is 1.53. The van der Waals surface area contributed by atoms with Gasteiger partial charge in [0.25, 0.3) is 5.56 Å². The van der Waals surface area contributed by atoms with Crippen molar-refractivity contribution < 1.29 is 9.13 Å². The first-order valence-electron chi connectivity index (χ1n) is 9.81. The number of benzene rings is 1. The van der Waals surface area contributed by atoms with Crippen LogP contribution >= 0.6 is 0 Å². The van der Waals surface area contributed by atoms with Crippen LogP contribution in [-0.2, 0) is 19.5 Å². The topological polar surface area (TPSA) is 58.2 Å². The number of aromatic amines is 1. The maximum absolute atomic E-state index is 14.3. The van der Waals surface area contributed by atoms with Crippen molar-refractivity contribution >= 4 is 0 Å². The van der Waals surface area contributed by atoms with Crippen molar-refractivity contribution in [3.8, 4) is 5.75 Å². The predicted molar refractivity (Wildman–Crippen MR) is 101 cm³/mol. The fourth-order valence-corrected chi connectivity index (χ4v) is 4.24. The maximum Gasteiger partial charge on any atom is 0.254 e. The van der Waals surface area contributed by atoms with Crippen molar-refractivity contribution in [3.05, 3.63) is 57.0 Å². The zero-order valence-electron chi connectivity index (χ0n) is 15.8.